The molecular weight excluding hydrogens is 406 g/mol. The average Bonchev–Trinajstić information content (AvgIpc) is 2.75. The molecule has 1 fully saturated rings. The molecular formula is C23H28F2N2O2S. The first kappa shape index (κ1) is 22.6. The van der Waals surface area contributed by atoms with Crippen LogP contribution in [0.2, 0.25) is 0 Å². The molecule has 30 heavy (non-hydrogen) atoms. The summed E-state index contributed by atoms with van der Waals surface area (Å²) in [5.74, 6) is 1.16. The minimum absolute atomic E-state index is 0.164. The Bertz CT molecular complexity index is 870. The van der Waals surface area contributed by atoms with E-state index in [0.29, 0.717) is 43.6 Å². The van der Waals surface area contributed by atoms with E-state index >= 15 is 4.39 Å². The second-order valence-electron chi connectivity index (χ2n) is 7.61. The van der Waals surface area contributed by atoms with Crippen molar-refractivity contribution in [2.75, 3.05) is 39.0 Å². The third-order valence-corrected chi connectivity index (χ3v) is 6.38. The Balaban J connectivity index is 1.40. The summed E-state index contributed by atoms with van der Waals surface area (Å²) in [5.41, 5.74) is -0.419. The molecule has 0 aromatic heterocycles. The van der Waals surface area contributed by atoms with Crippen LogP contribution in [0.4, 0.5) is 8.78 Å². The van der Waals surface area contributed by atoms with Gasteiger partial charge in [-0.3, -0.25) is 4.79 Å². The lowest BCUT2D eigenvalue weighted by Gasteiger charge is -2.36. The van der Waals surface area contributed by atoms with E-state index in [0.717, 1.165) is 16.4 Å². The Hall–Kier alpha value is -2.12. The molecule has 1 N–H and O–H groups in total. The maximum Gasteiger partial charge on any atom is 0.253 e. The van der Waals surface area contributed by atoms with Gasteiger partial charge in [-0.25, -0.2) is 8.78 Å². The van der Waals surface area contributed by atoms with Crippen molar-refractivity contribution in [1.29, 1.82) is 0 Å². The third-order valence-electron chi connectivity index (χ3n) is 5.38. The van der Waals surface area contributed by atoms with Crippen LogP contribution < -0.4 is 10.1 Å². The van der Waals surface area contributed by atoms with E-state index in [4.69, 9.17) is 4.74 Å². The third kappa shape index (κ3) is 5.95. The minimum atomic E-state index is -1.31. The van der Waals surface area contributed by atoms with Gasteiger partial charge in [-0.1, -0.05) is 6.07 Å². The number of nitrogens with one attached hydrogen (secondary N) is 1. The number of benzene rings is 2. The first-order chi connectivity index (χ1) is 14.4. The highest BCUT2D eigenvalue weighted by Crippen LogP contribution is 2.27. The standard InChI is InChI=1S/C23H28F2N2O2S/c1-17-14-18(6-7-21(17)24)22(28)27-11-8-23(25,9-12-27)16-26-10-13-30-20-5-3-4-19(15-20)29-2/h3-7,14-15,26H,8-13,16H2,1-2H3. The van der Waals surface area contributed by atoms with E-state index in [9.17, 15) is 9.18 Å². The fraction of sp³-hybridized carbons (Fsp3) is 0.435. The average molecular weight is 435 g/mol. The molecule has 3 rings (SSSR count). The summed E-state index contributed by atoms with van der Waals surface area (Å²) in [6, 6.07) is 12.2. The van der Waals surface area contributed by atoms with E-state index < -0.39 is 5.67 Å². The predicted molar refractivity (Wildman–Crippen MR) is 117 cm³/mol. The van der Waals surface area contributed by atoms with E-state index in [2.05, 4.69) is 5.32 Å². The van der Waals surface area contributed by atoms with Gasteiger partial charge < -0.3 is 15.0 Å². The Morgan fingerprint density at radius 1 is 1.23 bits per heavy atom. The van der Waals surface area contributed by atoms with Crippen molar-refractivity contribution < 1.29 is 18.3 Å². The van der Waals surface area contributed by atoms with E-state index in [1.165, 1.54) is 12.1 Å². The molecule has 1 aliphatic heterocycles. The summed E-state index contributed by atoms with van der Waals surface area (Å²) in [6.07, 6.45) is 0.601. The number of hydrogen-bond acceptors (Lipinski definition) is 4. The van der Waals surface area contributed by atoms with Gasteiger partial charge in [0.1, 0.15) is 17.2 Å². The topological polar surface area (TPSA) is 41.6 Å². The lowest BCUT2D eigenvalue weighted by atomic mass is 9.92. The van der Waals surface area contributed by atoms with Crippen LogP contribution in [0.5, 0.6) is 5.75 Å². The molecule has 162 valence electrons. The molecule has 0 spiro atoms. The molecule has 1 heterocycles. The second-order valence-corrected chi connectivity index (χ2v) is 8.78. The fourth-order valence-electron chi connectivity index (χ4n) is 3.49. The van der Waals surface area contributed by atoms with Crippen LogP contribution in [-0.2, 0) is 0 Å². The summed E-state index contributed by atoms with van der Waals surface area (Å²) < 4.78 is 33.7. The summed E-state index contributed by atoms with van der Waals surface area (Å²) in [7, 11) is 1.64. The van der Waals surface area contributed by atoms with Gasteiger partial charge in [0.15, 0.2) is 0 Å². The maximum atomic E-state index is 15.1. The van der Waals surface area contributed by atoms with Crippen molar-refractivity contribution in [3.63, 3.8) is 0 Å². The number of carbonyl (C=O) groups is 1. The number of hydrogen-bond donors (Lipinski definition) is 1. The Morgan fingerprint density at radius 3 is 2.70 bits per heavy atom. The molecule has 2 aromatic carbocycles. The molecule has 4 nitrogen and oxygen atoms in total. The zero-order valence-electron chi connectivity index (χ0n) is 17.4. The Labute approximate surface area is 181 Å². The van der Waals surface area contributed by atoms with Crippen LogP contribution in [0.15, 0.2) is 47.4 Å². The molecule has 0 aliphatic carbocycles. The first-order valence-electron chi connectivity index (χ1n) is 10.1. The number of ether oxygens (including phenoxy) is 1. The normalized spacial score (nSPS) is 15.8. The fourth-order valence-corrected chi connectivity index (χ4v) is 4.35. The lowest BCUT2D eigenvalue weighted by Crippen LogP contribution is -2.49. The number of rotatable bonds is 8. The number of halogens is 2. The van der Waals surface area contributed by atoms with Gasteiger partial charge in [-0.05, 0) is 48.9 Å². The highest BCUT2D eigenvalue weighted by atomic mass is 32.2. The van der Waals surface area contributed by atoms with Crippen molar-refractivity contribution in [2.45, 2.75) is 30.3 Å². The van der Waals surface area contributed by atoms with Gasteiger partial charge in [-0.2, -0.15) is 0 Å². The highest BCUT2D eigenvalue weighted by Gasteiger charge is 2.35. The molecule has 1 amide bonds. The summed E-state index contributed by atoms with van der Waals surface area (Å²) in [5, 5.41) is 3.21. The van der Waals surface area contributed by atoms with Crippen molar-refractivity contribution in [1.82, 2.24) is 10.2 Å². The SMILES string of the molecule is COc1cccc(SCCNCC2(F)CCN(C(=O)c3ccc(F)c(C)c3)CC2)c1. The number of piperidine rings is 1. The zero-order valence-corrected chi connectivity index (χ0v) is 18.2. The number of alkyl halides is 1. The number of nitrogens with zero attached hydrogens (tertiary/aromatic N) is 1. The maximum absolute atomic E-state index is 15.1. The number of aryl methyl sites for hydroxylation is 1. The molecule has 0 radical (unpaired) electrons. The summed E-state index contributed by atoms with van der Waals surface area (Å²) in [6.45, 7) is 3.35. The molecule has 0 unspecified atom stereocenters. The van der Waals surface area contributed by atoms with Gasteiger partial charge >= 0.3 is 0 Å². The Morgan fingerprint density at radius 2 is 2.00 bits per heavy atom. The van der Waals surface area contributed by atoms with Crippen molar-refractivity contribution in [2.24, 2.45) is 0 Å². The van der Waals surface area contributed by atoms with Crippen LogP contribution >= 0.6 is 11.8 Å². The van der Waals surface area contributed by atoms with E-state index in [1.54, 1.807) is 36.8 Å². The molecule has 2 aromatic rings. The molecule has 0 bridgehead atoms. The number of likely N-dealkylation sites (tertiary alicyclic amines) is 1. The molecule has 0 saturated carbocycles. The van der Waals surface area contributed by atoms with Crippen LogP contribution in [0.3, 0.4) is 0 Å². The quantitative estimate of drug-likeness (QED) is 0.492. The molecule has 1 aliphatic rings. The van der Waals surface area contributed by atoms with E-state index in [1.807, 2.05) is 24.3 Å². The molecule has 1 saturated heterocycles. The second kappa shape index (κ2) is 10.3. The van der Waals surface area contributed by atoms with E-state index in [-0.39, 0.29) is 18.3 Å². The lowest BCUT2D eigenvalue weighted by molar-refractivity contribution is 0.0438. The number of thioether (sulfide) groups is 1. The smallest absolute Gasteiger partial charge is 0.253 e. The zero-order chi connectivity index (χ0) is 21.6. The predicted octanol–water partition coefficient (Wildman–Crippen LogP) is 4.47. The van der Waals surface area contributed by atoms with Gasteiger partial charge in [0, 0.05) is 55.2 Å². The largest absolute Gasteiger partial charge is 0.497 e. The minimum Gasteiger partial charge on any atom is -0.497 e. The monoisotopic (exact) mass is 434 g/mol. The van der Waals surface area contributed by atoms with Crippen LogP contribution in [0.1, 0.15) is 28.8 Å². The summed E-state index contributed by atoms with van der Waals surface area (Å²) >= 11 is 1.69. The summed E-state index contributed by atoms with van der Waals surface area (Å²) in [4.78, 5) is 15.4. The first-order valence-corrected chi connectivity index (χ1v) is 11.1. The van der Waals surface area contributed by atoms with Crippen LogP contribution in [0, 0.1) is 12.7 Å². The van der Waals surface area contributed by atoms with Gasteiger partial charge in [-0.15, -0.1) is 11.8 Å². The number of amides is 1. The van der Waals surface area contributed by atoms with Gasteiger partial charge in [0.05, 0.1) is 7.11 Å². The Kier molecular flexibility index (Phi) is 7.72. The highest BCUT2D eigenvalue weighted by molar-refractivity contribution is 7.99. The molecule has 7 heteroatoms. The van der Waals surface area contributed by atoms with Crippen LogP contribution in [-0.4, -0.2) is 55.5 Å². The number of methoxy groups -OCH3 is 1. The van der Waals surface area contributed by atoms with Crippen molar-refractivity contribution in [3.05, 3.63) is 59.4 Å². The van der Waals surface area contributed by atoms with Gasteiger partial charge in [0.25, 0.3) is 5.91 Å². The van der Waals surface area contributed by atoms with Crippen LogP contribution in [0.25, 0.3) is 0 Å². The van der Waals surface area contributed by atoms with Gasteiger partial charge in [0.2, 0.25) is 0 Å². The van der Waals surface area contributed by atoms with Crippen molar-refractivity contribution in [3.8, 4) is 5.75 Å². The molecule has 0 atom stereocenters. The number of carbonyl (C=O) groups excluding carboxylic acids is 1. The van der Waals surface area contributed by atoms with Crippen molar-refractivity contribution >= 4 is 17.7 Å².